The molecule has 0 saturated carbocycles. The van der Waals surface area contributed by atoms with E-state index in [4.69, 9.17) is 0 Å². The zero-order valence-corrected chi connectivity index (χ0v) is 13.5. The maximum atomic E-state index is 11.8. The van der Waals surface area contributed by atoms with Crippen molar-refractivity contribution in [2.45, 2.75) is 13.8 Å². The van der Waals surface area contributed by atoms with Gasteiger partial charge in [0.2, 0.25) is 0 Å². The Balaban J connectivity index is 1.85. The number of para-hydroxylation sites is 1. The predicted octanol–water partition coefficient (Wildman–Crippen LogP) is 2.84. The molecule has 0 bridgehead atoms. The van der Waals surface area contributed by atoms with Gasteiger partial charge in [0.1, 0.15) is 0 Å². The van der Waals surface area contributed by atoms with Crippen molar-refractivity contribution in [3.05, 3.63) is 56.5 Å². The van der Waals surface area contributed by atoms with Gasteiger partial charge in [-0.1, -0.05) is 29.5 Å². The second-order valence-electron chi connectivity index (χ2n) is 4.85. The first-order valence-corrected chi connectivity index (χ1v) is 7.65. The van der Waals surface area contributed by atoms with E-state index in [0.717, 1.165) is 28.2 Å². The van der Waals surface area contributed by atoms with Gasteiger partial charge < -0.3 is 5.32 Å². The van der Waals surface area contributed by atoms with Crippen LogP contribution in [0.3, 0.4) is 0 Å². The van der Waals surface area contributed by atoms with Crippen LogP contribution in [-0.2, 0) is 4.79 Å². The van der Waals surface area contributed by atoms with Crippen LogP contribution in [0.1, 0.15) is 16.0 Å². The minimum Gasteiger partial charge on any atom is -0.376 e. The molecule has 0 saturated heterocycles. The molecule has 0 aliphatic heterocycles. The quantitative estimate of drug-likeness (QED) is 0.483. The monoisotopic (exact) mass is 332 g/mol. The molecule has 0 unspecified atom stereocenters. The van der Waals surface area contributed by atoms with Crippen molar-refractivity contribution in [2.75, 3.05) is 11.9 Å². The topological polar surface area (TPSA) is 96.6 Å². The molecule has 23 heavy (non-hydrogen) atoms. The second-order valence-corrected chi connectivity index (χ2v) is 5.94. The number of hydrogen-bond donors (Lipinski definition) is 2. The van der Waals surface area contributed by atoms with Crippen molar-refractivity contribution in [1.29, 1.82) is 0 Å². The van der Waals surface area contributed by atoms with Crippen LogP contribution < -0.4 is 10.7 Å². The number of hydrazone groups is 1. The van der Waals surface area contributed by atoms with Crippen LogP contribution in [0.15, 0.2) is 35.4 Å². The van der Waals surface area contributed by atoms with E-state index in [1.807, 2.05) is 32.0 Å². The highest BCUT2D eigenvalue weighted by Crippen LogP contribution is 2.22. The van der Waals surface area contributed by atoms with Gasteiger partial charge in [0, 0.05) is 11.8 Å². The number of aryl methyl sites for hydroxylation is 2. The van der Waals surface area contributed by atoms with E-state index in [1.165, 1.54) is 12.3 Å². The van der Waals surface area contributed by atoms with Gasteiger partial charge in [-0.2, -0.15) is 5.10 Å². The van der Waals surface area contributed by atoms with E-state index in [1.54, 1.807) is 6.07 Å². The number of carbonyl (C=O) groups is 1. The van der Waals surface area contributed by atoms with Crippen LogP contribution in [0.2, 0.25) is 0 Å². The van der Waals surface area contributed by atoms with E-state index in [-0.39, 0.29) is 17.5 Å². The third-order valence-electron chi connectivity index (χ3n) is 3.08. The smallest absolute Gasteiger partial charge is 0.324 e. The largest absolute Gasteiger partial charge is 0.376 e. The summed E-state index contributed by atoms with van der Waals surface area (Å²) < 4.78 is 0. The Morgan fingerprint density at radius 2 is 2.00 bits per heavy atom. The molecule has 2 rings (SSSR count). The molecule has 2 N–H and O–H groups in total. The van der Waals surface area contributed by atoms with Gasteiger partial charge in [0.25, 0.3) is 5.91 Å². The lowest BCUT2D eigenvalue weighted by Gasteiger charge is -2.11. The van der Waals surface area contributed by atoms with Gasteiger partial charge in [-0.25, -0.2) is 5.43 Å². The molecule has 0 radical (unpaired) electrons. The number of amides is 1. The summed E-state index contributed by atoms with van der Waals surface area (Å²) in [5.41, 5.74) is 5.44. The third-order valence-corrected chi connectivity index (χ3v) is 4.05. The number of nitrogens with zero attached hydrogens (tertiary/aromatic N) is 2. The zero-order valence-electron chi connectivity index (χ0n) is 12.7. The molecule has 1 aromatic heterocycles. The lowest BCUT2D eigenvalue weighted by atomic mass is 10.1. The maximum absolute atomic E-state index is 11.8. The SMILES string of the molecule is Cc1cccc(C)c1NCC(=O)NN=Cc1ccc([N+](=O)[O-])s1. The van der Waals surface area contributed by atoms with Crippen LogP contribution in [0.4, 0.5) is 10.7 Å². The number of nitro groups is 1. The number of thiophene rings is 1. The van der Waals surface area contributed by atoms with Crippen LogP contribution in [0, 0.1) is 24.0 Å². The Morgan fingerprint density at radius 1 is 1.30 bits per heavy atom. The summed E-state index contributed by atoms with van der Waals surface area (Å²) >= 11 is 0.991. The van der Waals surface area contributed by atoms with E-state index in [2.05, 4.69) is 15.8 Å². The second kappa shape index (κ2) is 7.50. The van der Waals surface area contributed by atoms with Gasteiger partial charge in [0.05, 0.1) is 22.6 Å². The van der Waals surface area contributed by atoms with Gasteiger partial charge in [-0.05, 0) is 31.0 Å². The minimum absolute atomic E-state index is 0.0365. The summed E-state index contributed by atoms with van der Waals surface area (Å²) in [6.07, 6.45) is 1.38. The van der Waals surface area contributed by atoms with Crippen molar-refractivity contribution in [2.24, 2.45) is 5.10 Å². The lowest BCUT2D eigenvalue weighted by Crippen LogP contribution is -2.26. The normalized spacial score (nSPS) is 10.7. The van der Waals surface area contributed by atoms with Gasteiger partial charge >= 0.3 is 5.00 Å². The number of hydrogen-bond acceptors (Lipinski definition) is 6. The van der Waals surface area contributed by atoms with E-state index in [0.29, 0.717) is 4.88 Å². The van der Waals surface area contributed by atoms with Crippen molar-refractivity contribution >= 4 is 34.1 Å². The Bertz CT molecular complexity index is 735. The molecule has 0 fully saturated rings. The average molecular weight is 332 g/mol. The first kappa shape index (κ1) is 16.6. The number of rotatable bonds is 6. The van der Waals surface area contributed by atoms with Crippen molar-refractivity contribution < 1.29 is 9.72 Å². The lowest BCUT2D eigenvalue weighted by molar-refractivity contribution is -0.380. The van der Waals surface area contributed by atoms with Crippen LogP contribution >= 0.6 is 11.3 Å². The Labute approximate surface area is 137 Å². The summed E-state index contributed by atoms with van der Waals surface area (Å²) in [6.45, 7) is 4.03. The molecule has 8 heteroatoms. The summed E-state index contributed by atoms with van der Waals surface area (Å²) in [5, 5.41) is 17.5. The number of benzene rings is 1. The predicted molar refractivity (Wildman–Crippen MR) is 91.1 cm³/mol. The van der Waals surface area contributed by atoms with Crippen LogP contribution in [0.5, 0.6) is 0 Å². The highest BCUT2D eigenvalue weighted by Gasteiger charge is 2.08. The zero-order chi connectivity index (χ0) is 16.8. The Morgan fingerprint density at radius 3 is 2.61 bits per heavy atom. The molecule has 0 aliphatic rings. The molecule has 1 amide bonds. The Kier molecular flexibility index (Phi) is 5.42. The molecule has 120 valence electrons. The summed E-state index contributed by atoms with van der Waals surface area (Å²) in [4.78, 5) is 22.4. The number of nitrogens with one attached hydrogen (secondary N) is 2. The van der Waals surface area contributed by atoms with Gasteiger partial charge in [-0.3, -0.25) is 14.9 Å². The number of carbonyl (C=O) groups excluding carboxylic acids is 1. The van der Waals surface area contributed by atoms with Crippen molar-refractivity contribution in [1.82, 2.24) is 5.43 Å². The standard InChI is InChI=1S/C15H16N4O3S/c1-10-4-3-5-11(2)15(10)16-9-13(20)18-17-8-12-6-7-14(23-12)19(21)22/h3-8,16H,9H2,1-2H3,(H,18,20). The summed E-state index contributed by atoms with van der Waals surface area (Å²) in [6, 6.07) is 8.87. The molecular formula is C15H16N4O3S. The fourth-order valence-corrected chi connectivity index (χ4v) is 2.67. The van der Waals surface area contributed by atoms with Gasteiger partial charge in [0.15, 0.2) is 0 Å². The average Bonchev–Trinajstić information content (AvgIpc) is 2.96. The molecular weight excluding hydrogens is 316 g/mol. The fourth-order valence-electron chi connectivity index (χ4n) is 1.98. The van der Waals surface area contributed by atoms with E-state index < -0.39 is 4.92 Å². The van der Waals surface area contributed by atoms with Crippen molar-refractivity contribution in [3.8, 4) is 0 Å². The fraction of sp³-hybridized carbons (Fsp3) is 0.200. The first-order valence-electron chi connectivity index (χ1n) is 6.83. The molecule has 0 aliphatic carbocycles. The summed E-state index contributed by atoms with van der Waals surface area (Å²) in [5.74, 6) is -0.296. The highest BCUT2D eigenvalue weighted by atomic mass is 32.1. The summed E-state index contributed by atoms with van der Waals surface area (Å²) in [7, 11) is 0. The highest BCUT2D eigenvalue weighted by molar-refractivity contribution is 7.16. The van der Waals surface area contributed by atoms with E-state index >= 15 is 0 Å². The molecule has 0 atom stereocenters. The number of anilines is 1. The molecule has 7 nitrogen and oxygen atoms in total. The Hall–Kier alpha value is -2.74. The van der Waals surface area contributed by atoms with Crippen molar-refractivity contribution in [3.63, 3.8) is 0 Å². The van der Waals surface area contributed by atoms with E-state index in [9.17, 15) is 14.9 Å². The maximum Gasteiger partial charge on any atom is 0.324 e. The minimum atomic E-state index is -0.463. The van der Waals surface area contributed by atoms with Crippen LogP contribution in [-0.4, -0.2) is 23.6 Å². The third kappa shape index (κ3) is 4.62. The molecule has 0 spiro atoms. The molecule has 1 aromatic carbocycles. The first-order chi connectivity index (χ1) is 11.0. The van der Waals surface area contributed by atoms with Gasteiger partial charge in [-0.15, -0.1) is 0 Å². The molecule has 1 heterocycles. The molecule has 2 aromatic rings. The van der Waals surface area contributed by atoms with Crippen LogP contribution in [0.25, 0.3) is 0 Å².